The molecule has 1 fully saturated rings. The fraction of sp³-hybridized carbons (Fsp3) is 0.444. The van der Waals surface area contributed by atoms with Crippen LogP contribution in [0.2, 0.25) is 0 Å². The number of ether oxygens (including phenoxy) is 4. The van der Waals surface area contributed by atoms with Gasteiger partial charge in [-0.3, -0.25) is 9.59 Å². The fourth-order valence-corrected chi connectivity index (χ4v) is 4.73. The molecule has 0 saturated carbocycles. The predicted molar refractivity (Wildman–Crippen MR) is 96.9 cm³/mol. The van der Waals surface area contributed by atoms with Crippen molar-refractivity contribution in [2.45, 2.75) is 25.9 Å². The van der Waals surface area contributed by atoms with Gasteiger partial charge in [0, 0.05) is 25.1 Å². The summed E-state index contributed by atoms with van der Waals surface area (Å²) in [5.74, 6) is -1.41. The first-order valence-corrected chi connectivity index (χ1v) is 10.1. The molecule has 1 atom stereocenters. The number of benzene rings is 1. The van der Waals surface area contributed by atoms with Gasteiger partial charge in [0.05, 0.1) is 20.0 Å². The third-order valence-electron chi connectivity index (χ3n) is 4.63. The Morgan fingerprint density at radius 1 is 1.25 bits per heavy atom. The first-order chi connectivity index (χ1) is 13.1. The summed E-state index contributed by atoms with van der Waals surface area (Å²) in [7, 11) is -0.752. The van der Waals surface area contributed by atoms with Crippen LogP contribution >= 0.6 is 0 Å². The van der Waals surface area contributed by atoms with E-state index in [1.54, 1.807) is 18.2 Å². The van der Waals surface area contributed by atoms with Crippen LogP contribution in [0.5, 0.6) is 11.5 Å². The molecule has 0 spiro atoms. The smallest absolute Gasteiger partial charge is 0.308 e. The molecule has 3 rings (SSSR count). The van der Waals surface area contributed by atoms with Crippen molar-refractivity contribution in [1.29, 1.82) is 0 Å². The van der Waals surface area contributed by atoms with Crippen LogP contribution in [-0.2, 0) is 34.7 Å². The lowest BCUT2D eigenvalue weighted by Crippen LogP contribution is -2.33. The Labute approximate surface area is 162 Å². The first-order valence-electron chi connectivity index (χ1n) is 8.53. The van der Waals surface area contributed by atoms with Gasteiger partial charge >= 0.3 is 5.97 Å². The lowest BCUT2D eigenvalue weighted by Gasteiger charge is -2.27. The maximum Gasteiger partial charge on any atom is 0.308 e. The molecular weight excluding hydrogens is 390 g/mol. The summed E-state index contributed by atoms with van der Waals surface area (Å²) < 4.78 is 47.2. The normalized spacial score (nSPS) is 23.6. The number of esters is 1. The summed E-state index contributed by atoms with van der Waals surface area (Å²) >= 11 is 0. The van der Waals surface area contributed by atoms with E-state index in [1.807, 2.05) is 0 Å². The molecule has 152 valence electrons. The van der Waals surface area contributed by atoms with E-state index in [1.165, 1.54) is 21.1 Å². The maximum absolute atomic E-state index is 13.2. The highest BCUT2D eigenvalue weighted by atomic mass is 32.2. The minimum atomic E-state index is -3.67. The van der Waals surface area contributed by atoms with E-state index in [2.05, 4.69) is 0 Å². The first kappa shape index (κ1) is 20.0. The van der Waals surface area contributed by atoms with Crippen LogP contribution in [0.25, 0.3) is 0 Å². The van der Waals surface area contributed by atoms with E-state index in [9.17, 15) is 18.0 Å². The van der Waals surface area contributed by atoms with Gasteiger partial charge in [0.15, 0.2) is 0 Å². The van der Waals surface area contributed by atoms with Crippen molar-refractivity contribution in [3.63, 3.8) is 0 Å². The van der Waals surface area contributed by atoms with Gasteiger partial charge in [0.1, 0.15) is 11.5 Å². The summed E-state index contributed by atoms with van der Waals surface area (Å²) in [6.45, 7) is 2.73. The average molecular weight is 411 g/mol. The molecular formula is C18H21NO8S. The fourth-order valence-electron chi connectivity index (χ4n) is 3.24. The zero-order valence-corrected chi connectivity index (χ0v) is 16.8. The molecule has 1 unspecified atom stereocenters. The summed E-state index contributed by atoms with van der Waals surface area (Å²) in [5.41, 5.74) is -1.30. The predicted octanol–water partition coefficient (Wildman–Crippen LogP) is 1.29. The monoisotopic (exact) mass is 411 g/mol. The molecule has 1 aromatic rings. The van der Waals surface area contributed by atoms with Crippen LogP contribution in [0.15, 0.2) is 29.8 Å². The highest BCUT2D eigenvalue weighted by molar-refractivity contribution is 7.89. The third-order valence-corrected chi connectivity index (χ3v) is 6.45. The number of ketones is 1. The van der Waals surface area contributed by atoms with Gasteiger partial charge in [-0.15, -0.1) is 0 Å². The summed E-state index contributed by atoms with van der Waals surface area (Å²) in [4.78, 5) is 24.7. The van der Waals surface area contributed by atoms with Gasteiger partial charge in [0.25, 0.3) is 11.7 Å². The van der Waals surface area contributed by atoms with Crippen LogP contribution in [0.1, 0.15) is 25.8 Å². The molecule has 0 bridgehead atoms. The van der Waals surface area contributed by atoms with E-state index >= 15 is 0 Å². The molecule has 9 nitrogen and oxygen atoms in total. The van der Waals surface area contributed by atoms with Crippen LogP contribution < -0.4 is 9.47 Å². The molecule has 0 aliphatic carbocycles. The van der Waals surface area contributed by atoms with Crippen LogP contribution in [0.4, 0.5) is 0 Å². The molecule has 10 heteroatoms. The SMILES string of the molecule is COc1ccc(C2(C)OC(N3CCCS3(=O)=O)=C(OC(C)=O)C2=O)c(OC)c1. The lowest BCUT2D eigenvalue weighted by atomic mass is 9.90. The van der Waals surface area contributed by atoms with Gasteiger partial charge in [-0.25, -0.2) is 12.7 Å². The van der Waals surface area contributed by atoms with E-state index in [0.29, 0.717) is 23.5 Å². The van der Waals surface area contributed by atoms with Gasteiger partial charge in [0.2, 0.25) is 21.4 Å². The average Bonchev–Trinajstić information content (AvgIpc) is 3.12. The zero-order chi connectivity index (χ0) is 20.7. The Balaban J connectivity index is 2.11. The Bertz CT molecular complexity index is 968. The number of hydrogen-bond donors (Lipinski definition) is 0. The second kappa shape index (κ2) is 7.01. The molecule has 28 heavy (non-hydrogen) atoms. The van der Waals surface area contributed by atoms with Crippen molar-refractivity contribution in [3.05, 3.63) is 35.4 Å². The van der Waals surface area contributed by atoms with Crippen molar-refractivity contribution in [2.24, 2.45) is 0 Å². The number of hydrogen-bond acceptors (Lipinski definition) is 8. The van der Waals surface area contributed by atoms with Gasteiger partial charge in [-0.05, 0) is 25.5 Å². The van der Waals surface area contributed by atoms with E-state index in [-0.39, 0.29) is 18.2 Å². The van der Waals surface area contributed by atoms with E-state index < -0.39 is 33.1 Å². The molecule has 0 aromatic heterocycles. The minimum Gasteiger partial charge on any atom is -0.497 e. The Morgan fingerprint density at radius 3 is 2.50 bits per heavy atom. The number of Topliss-reactive ketones (excluding diaryl/α,β-unsaturated/α-hetero) is 1. The molecule has 1 saturated heterocycles. The largest absolute Gasteiger partial charge is 0.497 e. The number of carbonyl (C=O) groups excluding carboxylic acids is 2. The molecule has 2 heterocycles. The van der Waals surface area contributed by atoms with Crippen molar-refractivity contribution < 1.29 is 37.0 Å². The number of rotatable bonds is 5. The lowest BCUT2D eigenvalue weighted by molar-refractivity contribution is -0.142. The molecule has 2 aliphatic heterocycles. The van der Waals surface area contributed by atoms with E-state index in [4.69, 9.17) is 18.9 Å². The van der Waals surface area contributed by atoms with Gasteiger partial charge in [-0.2, -0.15) is 0 Å². The number of sulfonamides is 1. The number of carbonyl (C=O) groups is 2. The Hall–Kier alpha value is -2.75. The highest BCUT2D eigenvalue weighted by Gasteiger charge is 2.54. The highest BCUT2D eigenvalue weighted by Crippen LogP contribution is 2.45. The van der Waals surface area contributed by atoms with Gasteiger partial charge < -0.3 is 18.9 Å². The summed E-state index contributed by atoms with van der Waals surface area (Å²) in [5, 5.41) is 0. The Morgan fingerprint density at radius 2 is 1.96 bits per heavy atom. The van der Waals surface area contributed by atoms with E-state index in [0.717, 1.165) is 11.2 Å². The van der Waals surface area contributed by atoms with Crippen molar-refractivity contribution in [1.82, 2.24) is 4.31 Å². The van der Waals surface area contributed by atoms with Gasteiger partial charge in [-0.1, -0.05) is 0 Å². The standard InChI is InChI=1S/C18H21NO8S/c1-11(20)26-15-16(21)18(2,13-7-6-12(24-3)10-14(13)25-4)27-17(15)19-8-5-9-28(19,22)23/h6-7,10H,5,8-9H2,1-4H3. The zero-order valence-electron chi connectivity index (χ0n) is 16.0. The van der Waals surface area contributed by atoms with Crippen molar-refractivity contribution in [3.8, 4) is 11.5 Å². The minimum absolute atomic E-state index is 0.0794. The van der Waals surface area contributed by atoms with Crippen LogP contribution in [0.3, 0.4) is 0 Å². The number of nitrogens with zero attached hydrogens (tertiary/aromatic N) is 1. The quantitative estimate of drug-likeness (QED) is 0.667. The van der Waals surface area contributed by atoms with Crippen LogP contribution in [0, 0.1) is 0 Å². The topological polar surface area (TPSA) is 108 Å². The molecule has 0 radical (unpaired) electrons. The Kier molecular flexibility index (Phi) is 5.00. The second-order valence-corrected chi connectivity index (χ2v) is 8.51. The molecule has 0 N–H and O–H groups in total. The van der Waals surface area contributed by atoms with Crippen molar-refractivity contribution >= 4 is 21.8 Å². The second-order valence-electron chi connectivity index (χ2n) is 6.50. The van der Waals surface area contributed by atoms with Crippen LogP contribution in [-0.4, -0.2) is 51.0 Å². The third kappa shape index (κ3) is 3.17. The summed E-state index contributed by atoms with van der Waals surface area (Å²) in [6.07, 6.45) is 0.374. The maximum atomic E-state index is 13.2. The summed E-state index contributed by atoms with van der Waals surface area (Å²) in [6, 6.07) is 4.78. The molecule has 0 amide bonds. The molecule has 1 aromatic carbocycles. The number of methoxy groups -OCH3 is 2. The van der Waals surface area contributed by atoms with Crippen molar-refractivity contribution in [2.75, 3.05) is 26.5 Å². The molecule has 2 aliphatic rings.